The maximum Gasteiger partial charge on any atom is 0.149 e. The van der Waals surface area contributed by atoms with Crippen molar-refractivity contribution in [2.24, 2.45) is 0 Å². The van der Waals surface area contributed by atoms with Crippen LogP contribution in [-0.2, 0) is 18.7 Å². The van der Waals surface area contributed by atoms with Gasteiger partial charge in [0.05, 0.1) is 0 Å². The van der Waals surface area contributed by atoms with E-state index >= 15 is 0 Å². The summed E-state index contributed by atoms with van der Waals surface area (Å²) in [4.78, 5) is 6.79. The number of nitrogens with zero attached hydrogens (tertiary/aromatic N) is 2. The molecule has 0 radical (unpaired) electrons. The van der Waals surface area contributed by atoms with Gasteiger partial charge in [0.1, 0.15) is 11.3 Å². The second-order valence-electron chi connectivity index (χ2n) is 4.80. The molecule has 4 heteroatoms. The van der Waals surface area contributed by atoms with E-state index in [0.717, 1.165) is 36.2 Å². The molecule has 0 aliphatic carbocycles. The van der Waals surface area contributed by atoms with Gasteiger partial charge in [0.2, 0.25) is 0 Å². The number of benzene rings is 1. The van der Waals surface area contributed by atoms with Gasteiger partial charge in [-0.2, -0.15) is 12.6 Å². The zero-order valence-electron chi connectivity index (χ0n) is 10.3. The van der Waals surface area contributed by atoms with Gasteiger partial charge >= 0.3 is 0 Å². The predicted octanol–water partition coefficient (Wildman–Crippen LogP) is 2.79. The maximum atomic E-state index is 13.9. The number of rotatable bonds is 1. The summed E-state index contributed by atoms with van der Waals surface area (Å²) in [7, 11) is 2.10. The highest BCUT2D eigenvalue weighted by Gasteiger charge is 2.20. The molecule has 0 fully saturated rings. The summed E-state index contributed by atoms with van der Waals surface area (Å²) >= 11 is 4.41. The van der Waals surface area contributed by atoms with Gasteiger partial charge in [-0.25, -0.2) is 9.37 Å². The molecule has 0 spiro atoms. The van der Waals surface area contributed by atoms with E-state index in [4.69, 9.17) is 0 Å². The van der Waals surface area contributed by atoms with Crippen molar-refractivity contribution in [2.75, 3.05) is 13.6 Å². The fraction of sp³-hybridized carbons (Fsp3) is 0.357. The van der Waals surface area contributed by atoms with E-state index in [1.54, 1.807) is 6.07 Å². The molecule has 0 bridgehead atoms. The number of hydrogen-bond donors (Lipinski definition) is 1. The molecule has 0 saturated heterocycles. The SMILES string of the molecule is CN1CCc2nc3c(F)cccc3c(CS)c2C1. The normalized spacial score (nSPS) is 15.9. The standard InChI is InChI=1S/C14H15FN2S/c1-17-6-5-13-10(7-17)11(8-18)9-3-2-4-12(15)14(9)16-13/h2-4,18H,5-8H2,1H3. The number of likely N-dealkylation sites (N-methyl/N-ethyl adjacent to an activating group) is 1. The molecule has 2 aromatic rings. The number of thiol groups is 1. The van der Waals surface area contributed by atoms with Gasteiger partial charge in [-0.05, 0) is 24.2 Å². The summed E-state index contributed by atoms with van der Waals surface area (Å²) in [5.74, 6) is 0.385. The molecule has 1 aliphatic heterocycles. The van der Waals surface area contributed by atoms with E-state index in [2.05, 4.69) is 29.6 Å². The molecule has 2 nitrogen and oxygen atoms in total. The Morgan fingerprint density at radius 1 is 1.44 bits per heavy atom. The van der Waals surface area contributed by atoms with E-state index in [-0.39, 0.29) is 5.82 Å². The Hall–Kier alpha value is -1.13. The van der Waals surface area contributed by atoms with Crippen LogP contribution in [0, 0.1) is 5.82 Å². The fourth-order valence-electron chi connectivity index (χ4n) is 2.63. The lowest BCUT2D eigenvalue weighted by molar-refractivity contribution is 0.309. The predicted molar refractivity (Wildman–Crippen MR) is 74.4 cm³/mol. The molecule has 0 amide bonds. The van der Waals surface area contributed by atoms with Crippen molar-refractivity contribution in [1.82, 2.24) is 9.88 Å². The number of hydrogen-bond acceptors (Lipinski definition) is 3. The monoisotopic (exact) mass is 262 g/mol. The minimum absolute atomic E-state index is 0.239. The molecular weight excluding hydrogens is 247 g/mol. The maximum absolute atomic E-state index is 13.9. The third-order valence-electron chi connectivity index (χ3n) is 3.59. The summed E-state index contributed by atoms with van der Waals surface area (Å²) in [6, 6.07) is 5.15. The quantitative estimate of drug-likeness (QED) is 0.796. The van der Waals surface area contributed by atoms with Crippen LogP contribution in [0.15, 0.2) is 18.2 Å². The number of aromatic nitrogens is 1. The van der Waals surface area contributed by atoms with Gasteiger partial charge in [0.25, 0.3) is 0 Å². The Balaban J connectivity index is 2.34. The van der Waals surface area contributed by atoms with Crippen molar-refractivity contribution in [3.8, 4) is 0 Å². The number of pyridine rings is 1. The summed E-state index contributed by atoms with van der Waals surface area (Å²) in [5, 5.41) is 0.902. The fourth-order valence-corrected chi connectivity index (χ4v) is 2.99. The first-order valence-corrected chi connectivity index (χ1v) is 6.72. The minimum Gasteiger partial charge on any atom is -0.302 e. The van der Waals surface area contributed by atoms with Crippen LogP contribution in [0.25, 0.3) is 10.9 Å². The lowest BCUT2D eigenvalue weighted by Gasteiger charge is -2.27. The first-order chi connectivity index (χ1) is 8.70. The third-order valence-corrected chi connectivity index (χ3v) is 3.90. The average molecular weight is 262 g/mol. The van der Waals surface area contributed by atoms with Crippen molar-refractivity contribution >= 4 is 23.5 Å². The number of halogens is 1. The molecule has 94 valence electrons. The molecule has 0 N–H and O–H groups in total. The van der Waals surface area contributed by atoms with Gasteiger partial charge in [-0.1, -0.05) is 12.1 Å². The topological polar surface area (TPSA) is 16.1 Å². The van der Waals surface area contributed by atoms with Gasteiger partial charge in [0.15, 0.2) is 0 Å². The van der Waals surface area contributed by atoms with E-state index in [1.165, 1.54) is 11.6 Å². The largest absolute Gasteiger partial charge is 0.302 e. The average Bonchev–Trinajstić information content (AvgIpc) is 2.37. The Bertz CT molecular complexity index is 612. The molecule has 0 unspecified atom stereocenters. The van der Waals surface area contributed by atoms with Crippen LogP contribution in [0.2, 0.25) is 0 Å². The van der Waals surface area contributed by atoms with Gasteiger partial charge in [-0.15, -0.1) is 0 Å². The first-order valence-electron chi connectivity index (χ1n) is 6.09. The highest BCUT2D eigenvalue weighted by atomic mass is 32.1. The molecule has 18 heavy (non-hydrogen) atoms. The van der Waals surface area contributed by atoms with Gasteiger partial charge in [-0.3, -0.25) is 0 Å². The van der Waals surface area contributed by atoms with Crippen molar-refractivity contribution in [3.63, 3.8) is 0 Å². The molecule has 1 aromatic heterocycles. The van der Waals surface area contributed by atoms with Crippen LogP contribution in [0.4, 0.5) is 4.39 Å². The second kappa shape index (κ2) is 4.52. The van der Waals surface area contributed by atoms with Gasteiger partial charge < -0.3 is 4.90 Å². The van der Waals surface area contributed by atoms with E-state index < -0.39 is 0 Å². The summed E-state index contributed by atoms with van der Waals surface area (Å²) in [6.07, 6.45) is 0.886. The lowest BCUT2D eigenvalue weighted by Crippen LogP contribution is -2.28. The van der Waals surface area contributed by atoms with Crippen molar-refractivity contribution < 1.29 is 4.39 Å². The zero-order chi connectivity index (χ0) is 12.7. The Morgan fingerprint density at radius 3 is 3.06 bits per heavy atom. The molecule has 0 saturated carbocycles. The first kappa shape index (κ1) is 11.9. The van der Waals surface area contributed by atoms with Crippen LogP contribution in [0.3, 0.4) is 0 Å². The Morgan fingerprint density at radius 2 is 2.28 bits per heavy atom. The summed E-state index contributed by atoms with van der Waals surface area (Å²) in [6.45, 7) is 1.86. The highest BCUT2D eigenvalue weighted by Crippen LogP contribution is 2.29. The Labute approximate surface area is 111 Å². The van der Waals surface area contributed by atoms with Crippen LogP contribution < -0.4 is 0 Å². The molecule has 1 aliphatic rings. The molecule has 3 rings (SSSR count). The smallest absolute Gasteiger partial charge is 0.149 e. The van der Waals surface area contributed by atoms with E-state index in [0.29, 0.717) is 11.3 Å². The van der Waals surface area contributed by atoms with E-state index in [9.17, 15) is 4.39 Å². The number of fused-ring (bicyclic) bond motifs is 2. The molecule has 2 heterocycles. The van der Waals surface area contributed by atoms with Crippen molar-refractivity contribution in [2.45, 2.75) is 18.7 Å². The van der Waals surface area contributed by atoms with Crippen LogP contribution in [0.1, 0.15) is 16.8 Å². The summed E-state index contributed by atoms with van der Waals surface area (Å²) in [5.41, 5.74) is 3.89. The van der Waals surface area contributed by atoms with Crippen molar-refractivity contribution in [3.05, 3.63) is 40.8 Å². The van der Waals surface area contributed by atoms with Crippen LogP contribution >= 0.6 is 12.6 Å². The molecule has 1 aromatic carbocycles. The van der Waals surface area contributed by atoms with Crippen LogP contribution in [-0.4, -0.2) is 23.5 Å². The van der Waals surface area contributed by atoms with Crippen LogP contribution in [0.5, 0.6) is 0 Å². The minimum atomic E-state index is -0.239. The van der Waals surface area contributed by atoms with Gasteiger partial charge in [0, 0.05) is 36.3 Å². The zero-order valence-corrected chi connectivity index (χ0v) is 11.2. The van der Waals surface area contributed by atoms with Crippen molar-refractivity contribution in [1.29, 1.82) is 0 Å². The number of para-hydroxylation sites is 1. The molecular formula is C14H15FN2S. The lowest BCUT2D eigenvalue weighted by atomic mass is 9.97. The van der Waals surface area contributed by atoms with E-state index in [1.807, 2.05) is 6.07 Å². The molecule has 0 atom stereocenters. The Kier molecular flexibility index (Phi) is 2.99. The third kappa shape index (κ3) is 1.80. The second-order valence-corrected chi connectivity index (χ2v) is 5.11. The highest BCUT2D eigenvalue weighted by molar-refractivity contribution is 7.79. The summed E-state index contributed by atoms with van der Waals surface area (Å²) < 4.78 is 13.9.